The zero-order chi connectivity index (χ0) is 13.8. The highest BCUT2D eigenvalue weighted by molar-refractivity contribution is 5.61. The van der Waals surface area contributed by atoms with Crippen LogP contribution in [0.15, 0.2) is 30.5 Å². The second-order valence-corrected chi connectivity index (χ2v) is 3.98. The summed E-state index contributed by atoms with van der Waals surface area (Å²) < 4.78 is 0. The SMILES string of the molecule is CC(Nc1ccc([N+](=O)[O-])cc1C#N)c1ccn[nH]1. The van der Waals surface area contributed by atoms with E-state index < -0.39 is 4.92 Å². The van der Waals surface area contributed by atoms with Crippen molar-refractivity contribution in [3.05, 3.63) is 51.8 Å². The first kappa shape index (κ1) is 12.6. The van der Waals surface area contributed by atoms with Crippen molar-refractivity contribution < 1.29 is 4.92 Å². The molecule has 1 heterocycles. The average Bonchev–Trinajstić information content (AvgIpc) is 2.92. The van der Waals surface area contributed by atoms with E-state index in [1.54, 1.807) is 6.20 Å². The summed E-state index contributed by atoms with van der Waals surface area (Å²) in [5.41, 5.74) is 1.55. The molecule has 0 aliphatic rings. The molecule has 1 unspecified atom stereocenters. The maximum Gasteiger partial charge on any atom is 0.270 e. The Morgan fingerprint density at radius 3 is 2.89 bits per heavy atom. The van der Waals surface area contributed by atoms with Crippen molar-refractivity contribution in [3.63, 3.8) is 0 Å². The molecule has 0 aliphatic heterocycles. The van der Waals surface area contributed by atoms with E-state index in [1.165, 1.54) is 18.2 Å². The van der Waals surface area contributed by atoms with Crippen molar-refractivity contribution in [2.24, 2.45) is 0 Å². The Morgan fingerprint density at radius 2 is 2.32 bits per heavy atom. The third kappa shape index (κ3) is 2.69. The van der Waals surface area contributed by atoms with E-state index in [4.69, 9.17) is 5.26 Å². The predicted molar refractivity (Wildman–Crippen MR) is 68.4 cm³/mol. The van der Waals surface area contributed by atoms with Crippen LogP contribution in [0, 0.1) is 21.4 Å². The standard InChI is InChI=1S/C12H11N5O2/c1-8(11-4-5-14-16-11)15-12-3-2-10(17(18)19)6-9(12)7-13/h2-6,8,15H,1H3,(H,14,16). The number of rotatable bonds is 4. The highest BCUT2D eigenvalue weighted by Gasteiger charge is 2.13. The van der Waals surface area contributed by atoms with Gasteiger partial charge >= 0.3 is 0 Å². The molecular weight excluding hydrogens is 246 g/mol. The third-order valence-electron chi connectivity index (χ3n) is 2.70. The number of hydrogen-bond donors (Lipinski definition) is 2. The molecular formula is C12H11N5O2. The summed E-state index contributed by atoms with van der Waals surface area (Å²) in [4.78, 5) is 10.1. The van der Waals surface area contributed by atoms with Crippen LogP contribution in [0.25, 0.3) is 0 Å². The van der Waals surface area contributed by atoms with Gasteiger partial charge in [0.15, 0.2) is 0 Å². The molecule has 0 aliphatic carbocycles. The molecule has 2 rings (SSSR count). The van der Waals surface area contributed by atoms with Crippen LogP contribution in [0.5, 0.6) is 0 Å². The topological polar surface area (TPSA) is 108 Å². The molecule has 96 valence electrons. The van der Waals surface area contributed by atoms with E-state index in [9.17, 15) is 10.1 Å². The van der Waals surface area contributed by atoms with Gasteiger partial charge < -0.3 is 5.32 Å². The van der Waals surface area contributed by atoms with E-state index in [1.807, 2.05) is 19.1 Å². The van der Waals surface area contributed by atoms with Gasteiger partial charge in [0.2, 0.25) is 0 Å². The first-order valence-electron chi connectivity index (χ1n) is 5.56. The van der Waals surface area contributed by atoms with Crippen molar-refractivity contribution in [1.82, 2.24) is 10.2 Å². The zero-order valence-electron chi connectivity index (χ0n) is 10.1. The number of nitro benzene ring substituents is 1. The van der Waals surface area contributed by atoms with Crippen molar-refractivity contribution >= 4 is 11.4 Å². The van der Waals surface area contributed by atoms with E-state index in [-0.39, 0.29) is 17.3 Å². The van der Waals surface area contributed by atoms with Crippen LogP contribution in [-0.4, -0.2) is 15.1 Å². The van der Waals surface area contributed by atoms with Crippen molar-refractivity contribution in [3.8, 4) is 6.07 Å². The van der Waals surface area contributed by atoms with E-state index in [2.05, 4.69) is 15.5 Å². The van der Waals surface area contributed by atoms with Gasteiger partial charge in [0.05, 0.1) is 27.9 Å². The number of hydrogen-bond acceptors (Lipinski definition) is 5. The molecule has 7 heteroatoms. The van der Waals surface area contributed by atoms with Gasteiger partial charge in [0.25, 0.3) is 5.69 Å². The van der Waals surface area contributed by atoms with Crippen molar-refractivity contribution in [2.45, 2.75) is 13.0 Å². The Balaban J connectivity index is 2.26. The van der Waals surface area contributed by atoms with Gasteiger partial charge in [-0.05, 0) is 19.1 Å². The minimum absolute atomic E-state index is 0.0870. The lowest BCUT2D eigenvalue weighted by molar-refractivity contribution is -0.384. The summed E-state index contributed by atoms with van der Waals surface area (Å²) in [7, 11) is 0. The van der Waals surface area contributed by atoms with Crippen LogP contribution in [-0.2, 0) is 0 Å². The summed E-state index contributed by atoms with van der Waals surface area (Å²) in [6, 6.07) is 7.82. The number of nitrogens with zero attached hydrogens (tertiary/aromatic N) is 3. The maximum absolute atomic E-state index is 10.7. The first-order chi connectivity index (χ1) is 9.11. The molecule has 0 fully saturated rings. The van der Waals surface area contributed by atoms with Crippen LogP contribution in [0.2, 0.25) is 0 Å². The number of H-pyrrole nitrogens is 1. The third-order valence-corrected chi connectivity index (χ3v) is 2.70. The molecule has 7 nitrogen and oxygen atoms in total. The fraction of sp³-hybridized carbons (Fsp3) is 0.167. The van der Waals surface area contributed by atoms with Gasteiger partial charge in [-0.3, -0.25) is 15.2 Å². The number of anilines is 1. The zero-order valence-corrected chi connectivity index (χ0v) is 10.1. The molecule has 0 radical (unpaired) electrons. The second-order valence-electron chi connectivity index (χ2n) is 3.98. The van der Waals surface area contributed by atoms with E-state index in [0.717, 1.165) is 5.69 Å². The molecule has 0 amide bonds. The summed E-state index contributed by atoms with van der Waals surface area (Å²) >= 11 is 0. The van der Waals surface area contributed by atoms with Crippen molar-refractivity contribution in [2.75, 3.05) is 5.32 Å². The molecule has 0 bridgehead atoms. The van der Waals surface area contributed by atoms with Gasteiger partial charge in [0.1, 0.15) is 6.07 Å². The van der Waals surface area contributed by atoms with Crippen LogP contribution < -0.4 is 5.32 Å². The van der Waals surface area contributed by atoms with Gasteiger partial charge in [-0.2, -0.15) is 10.4 Å². The highest BCUT2D eigenvalue weighted by Crippen LogP contribution is 2.24. The van der Waals surface area contributed by atoms with Gasteiger partial charge in [-0.1, -0.05) is 0 Å². The maximum atomic E-state index is 10.7. The number of nitrogens with one attached hydrogen (secondary N) is 2. The fourth-order valence-corrected chi connectivity index (χ4v) is 1.68. The minimum atomic E-state index is -0.525. The number of benzene rings is 1. The number of aromatic nitrogens is 2. The lowest BCUT2D eigenvalue weighted by atomic mass is 10.1. The molecule has 1 aromatic carbocycles. The molecule has 2 aromatic rings. The Hall–Kier alpha value is -2.88. The molecule has 0 saturated carbocycles. The number of non-ortho nitro benzene ring substituents is 1. The smallest absolute Gasteiger partial charge is 0.270 e. The summed E-state index contributed by atoms with van der Waals surface area (Å²) in [5, 5.41) is 29.5. The van der Waals surface area contributed by atoms with Crippen molar-refractivity contribution in [1.29, 1.82) is 5.26 Å². The van der Waals surface area contributed by atoms with Gasteiger partial charge in [-0.15, -0.1) is 0 Å². The second kappa shape index (κ2) is 5.18. The minimum Gasteiger partial charge on any atom is -0.376 e. The predicted octanol–water partition coefficient (Wildman–Crippen LogP) is 2.36. The van der Waals surface area contributed by atoms with Gasteiger partial charge in [0, 0.05) is 18.3 Å². The normalized spacial score (nSPS) is 11.6. The molecule has 0 saturated heterocycles. The molecule has 1 atom stereocenters. The Morgan fingerprint density at radius 1 is 1.53 bits per heavy atom. The van der Waals surface area contributed by atoms with Gasteiger partial charge in [-0.25, -0.2) is 0 Å². The average molecular weight is 257 g/mol. The van der Waals surface area contributed by atoms with E-state index in [0.29, 0.717) is 5.69 Å². The van der Waals surface area contributed by atoms with Crippen LogP contribution in [0.3, 0.4) is 0 Å². The Kier molecular flexibility index (Phi) is 3.43. The van der Waals surface area contributed by atoms with Crippen LogP contribution >= 0.6 is 0 Å². The lowest BCUT2D eigenvalue weighted by Gasteiger charge is -2.14. The Labute approximate surface area is 109 Å². The fourth-order valence-electron chi connectivity index (χ4n) is 1.68. The number of aromatic amines is 1. The highest BCUT2D eigenvalue weighted by atomic mass is 16.6. The largest absolute Gasteiger partial charge is 0.376 e. The number of nitriles is 1. The van der Waals surface area contributed by atoms with E-state index >= 15 is 0 Å². The molecule has 0 spiro atoms. The number of nitro groups is 1. The first-order valence-corrected chi connectivity index (χ1v) is 5.56. The lowest BCUT2D eigenvalue weighted by Crippen LogP contribution is -2.08. The summed E-state index contributed by atoms with van der Waals surface area (Å²) in [6.45, 7) is 1.90. The summed E-state index contributed by atoms with van der Waals surface area (Å²) in [6.07, 6.45) is 1.63. The summed E-state index contributed by atoms with van der Waals surface area (Å²) in [5.74, 6) is 0. The molecule has 1 aromatic heterocycles. The monoisotopic (exact) mass is 257 g/mol. The Bertz CT molecular complexity index is 630. The molecule has 2 N–H and O–H groups in total. The quantitative estimate of drug-likeness (QED) is 0.645. The van der Waals surface area contributed by atoms with Crippen LogP contribution in [0.1, 0.15) is 24.2 Å². The van der Waals surface area contributed by atoms with Crippen LogP contribution in [0.4, 0.5) is 11.4 Å². The molecule has 19 heavy (non-hydrogen) atoms.